The minimum absolute atomic E-state index is 0.165. The molecule has 0 bridgehead atoms. The Morgan fingerprint density at radius 3 is 2.35 bits per heavy atom. The fourth-order valence-electron chi connectivity index (χ4n) is 3.37. The number of ether oxygens (including phenoxy) is 2. The van der Waals surface area contributed by atoms with E-state index in [0.29, 0.717) is 20.5 Å². The number of nitro benzene ring substituents is 2. The third-order valence-corrected chi connectivity index (χ3v) is 6.84. The van der Waals surface area contributed by atoms with Gasteiger partial charge >= 0.3 is 5.69 Å². The Morgan fingerprint density at radius 2 is 1.70 bits per heavy atom. The van der Waals surface area contributed by atoms with Gasteiger partial charge in [-0.15, -0.1) is 0 Å². The molecule has 1 saturated heterocycles. The Bertz CT molecular complexity index is 1460. The molecule has 1 aliphatic rings. The van der Waals surface area contributed by atoms with Crippen LogP contribution in [0.2, 0.25) is 0 Å². The number of amides is 1. The van der Waals surface area contributed by atoms with Crippen LogP contribution >= 0.6 is 39.9 Å². The van der Waals surface area contributed by atoms with E-state index in [1.807, 2.05) is 12.1 Å². The summed E-state index contributed by atoms with van der Waals surface area (Å²) < 4.78 is 12.7. The molecule has 3 aromatic rings. The second-order valence-electron chi connectivity index (χ2n) is 7.40. The van der Waals surface area contributed by atoms with Crippen molar-refractivity contribution in [3.05, 3.63) is 95.8 Å². The number of thiocarbonyl (C=S) groups is 1. The average Bonchev–Trinajstić information content (AvgIpc) is 3.13. The van der Waals surface area contributed by atoms with Crippen LogP contribution in [0.3, 0.4) is 0 Å². The topological polar surface area (TPSA) is 125 Å². The van der Waals surface area contributed by atoms with Crippen molar-refractivity contribution in [2.45, 2.75) is 6.92 Å². The number of benzene rings is 3. The van der Waals surface area contributed by atoms with Crippen molar-refractivity contribution >= 4 is 73.3 Å². The fourth-order valence-corrected chi connectivity index (χ4v) is 4.93. The fraction of sp³-hybridized carbons (Fsp3) is 0.0833. The number of carbonyl (C=O) groups is 1. The lowest BCUT2D eigenvalue weighted by Crippen LogP contribution is -2.27. The molecular formula is C24H16BrN3O7S2. The molecule has 13 heteroatoms. The number of rotatable bonds is 8. The van der Waals surface area contributed by atoms with Gasteiger partial charge in [0, 0.05) is 10.5 Å². The summed E-state index contributed by atoms with van der Waals surface area (Å²) in [7, 11) is 0. The van der Waals surface area contributed by atoms with Crippen LogP contribution in [0.4, 0.5) is 17.1 Å². The van der Waals surface area contributed by atoms with Crippen molar-refractivity contribution in [3.8, 4) is 17.2 Å². The van der Waals surface area contributed by atoms with E-state index in [4.69, 9.17) is 21.7 Å². The molecule has 1 amide bonds. The third-order valence-electron chi connectivity index (χ3n) is 5.01. The van der Waals surface area contributed by atoms with Crippen LogP contribution in [0.15, 0.2) is 70.0 Å². The summed E-state index contributed by atoms with van der Waals surface area (Å²) in [6.07, 6.45) is 1.67. The average molecular weight is 602 g/mol. The zero-order chi connectivity index (χ0) is 26.7. The molecule has 3 aromatic carbocycles. The zero-order valence-electron chi connectivity index (χ0n) is 19.0. The number of halogens is 1. The molecule has 188 valence electrons. The van der Waals surface area contributed by atoms with E-state index >= 15 is 0 Å². The van der Waals surface area contributed by atoms with Crippen LogP contribution in [-0.2, 0) is 4.79 Å². The van der Waals surface area contributed by atoms with Crippen LogP contribution in [0.25, 0.3) is 6.08 Å². The SMILES string of the molecule is CCOc1cc(/C=C2/SC(=S)N(c3ccc(Br)cc3)C2=O)ccc1Oc1ccc([N+](=O)[O-])cc1[N+](=O)[O-]. The summed E-state index contributed by atoms with van der Waals surface area (Å²) in [5.41, 5.74) is 0.278. The first-order valence-electron chi connectivity index (χ1n) is 10.6. The standard InChI is InChI=1S/C24H16BrN3O7S2/c1-2-34-21-11-14(12-22-23(29)26(24(36)37-22)16-6-4-15(25)5-7-16)3-9-20(21)35-19-10-8-17(27(30)31)13-18(19)28(32)33/h3-13H,2H2,1H3/b22-12+. The lowest BCUT2D eigenvalue weighted by atomic mass is 10.1. The molecule has 0 aromatic heterocycles. The molecule has 0 spiro atoms. The molecule has 1 heterocycles. The van der Waals surface area contributed by atoms with Crippen LogP contribution in [-0.4, -0.2) is 26.7 Å². The molecule has 0 aliphatic carbocycles. The van der Waals surface area contributed by atoms with Gasteiger partial charge in [-0.05, 0) is 61.0 Å². The molecule has 37 heavy (non-hydrogen) atoms. The minimum atomic E-state index is -0.759. The van der Waals surface area contributed by atoms with Gasteiger partial charge in [0.15, 0.2) is 15.8 Å². The first kappa shape index (κ1) is 26.3. The van der Waals surface area contributed by atoms with E-state index in [1.165, 1.54) is 22.7 Å². The number of carbonyl (C=O) groups excluding carboxylic acids is 1. The van der Waals surface area contributed by atoms with E-state index in [2.05, 4.69) is 15.9 Å². The van der Waals surface area contributed by atoms with Crippen molar-refractivity contribution < 1.29 is 24.1 Å². The molecule has 4 rings (SSSR count). The largest absolute Gasteiger partial charge is 0.490 e. The van der Waals surface area contributed by atoms with Gasteiger partial charge in [-0.25, -0.2) is 0 Å². The Hall–Kier alpha value is -3.81. The van der Waals surface area contributed by atoms with Gasteiger partial charge in [-0.1, -0.05) is 46.0 Å². The highest BCUT2D eigenvalue weighted by Crippen LogP contribution is 2.40. The summed E-state index contributed by atoms with van der Waals surface area (Å²) in [4.78, 5) is 35.9. The Balaban J connectivity index is 1.64. The van der Waals surface area contributed by atoms with Crippen molar-refractivity contribution in [2.24, 2.45) is 0 Å². The predicted molar refractivity (Wildman–Crippen MR) is 147 cm³/mol. The number of nitrogens with zero attached hydrogens (tertiary/aromatic N) is 3. The van der Waals surface area contributed by atoms with Gasteiger partial charge < -0.3 is 9.47 Å². The summed E-state index contributed by atoms with van der Waals surface area (Å²) in [5, 5.41) is 22.5. The van der Waals surface area contributed by atoms with Gasteiger partial charge in [0.05, 0.1) is 33.1 Å². The van der Waals surface area contributed by atoms with E-state index in [-0.39, 0.29) is 29.8 Å². The lowest BCUT2D eigenvalue weighted by Gasteiger charge is -2.14. The monoisotopic (exact) mass is 601 g/mol. The van der Waals surface area contributed by atoms with E-state index < -0.39 is 21.2 Å². The molecule has 1 fully saturated rings. The number of non-ortho nitro benzene ring substituents is 1. The minimum Gasteiger partial charge on any atom is -0.490 e. The molecule has 0 radical (unpaired) electrons. The second kappa shape index (κ2) is 11.1. The van der Waals surface area contributed by atoms with Crippen molar-refractivity contribution in [3.63, 3.8) is 0 Å². The second-order valence-corrected chi connectivity index (χ2v) is 9.99. The van der Waals surface area contributed by atoms with Gasteiger partial charge in [0.25, 0.3) is 11.6 Å². The van der Waals surface area contributed by atoms with Gasteiger partial charge in [-0.2, -0.15) is 0 Å². The Morgan fingerprint density at radius 1 is 1.00 bits per heavy atom. The number of hydrogen-bond donors (Lipinski definition) is 0. The number of anilines is 1. The molecule has 0 atom stereocenters. The summed E-state index contributed by atoms with van der Waals surface area (Å²) in [6.45, 7) is 2.03. The van der Waals surface area contributed by atoms with Crippen molar-refractivity contribution in [1.82, 2.24) is 0 Å². The van der Waals surface area contributed by atoms with Crippen LogP contribution in [0, 0.1) is 20.2 Å². The number of nitro groups is 2. The van der Waals surface area contributed by atoms with E-state index in [9.17, 15) is 25.0 Å². The maximum absolute atomic E-state index is 13.1. The number of hydrogen-bond acceptors (Lipinski definition) is 9. The van der Waals surface area contributed by atoms with Gasteiger partial charge in [0.1, 0.15) is 0 Å². The van der Waals surface area contributed by atoms with Crippen molar-refractivity contribution in [2.75, 3.05) is 11.5 Å². The smallest absolute Gasteiger partial charge is 0.318 e. The first-order chi connectivity index (χ1) is 17.7. The highest BCUT2D eigenvalue weighted by atomic mass is 79.9. The Kier molecular flexibility index (Phi) is 7.86. The molecule has 0 N–H and O–H groups in total. The van der Waals surface area contributed by atoms with E-state index in [1.54, 1.807) is 37.3 Å². The quantitative estimate of drug-likeness (QED) is 0.118. The van der Waals surface area contributed by atoms with E-state index in [0.717, 1.165) is 22.7 Å². The molecular weight excluding hydrogens is 586 g/mol. The number of thioether (sulfide) groups is 1. The van der Waals surface area contributed by atoms with Gasteiger partial charge in [0.2, 0.25) is 5.75 Å². The highest BCUT2D eigenvalue weighted by Gasteiger charge is 2.33. The molecule has 0 saturated carbocycles. The summed E-state index contributed by atoms with van der Waals surface area (Å²) in [5.74, 6) is -0.0116. The third kappa shape index (κ3) is 5.79. The van der Waals surface area contributed by atoms with Crippen molar-refractivity contribution in [1.29, 1.82) is 0 Å². The maximum Gasteiger partial charge on any atom is 0.318 e. The van der Waals surface area contributed by atoms with Crippen LogP contribution in [0.5, 0.6) is 17.2 Å². The Labute approximate surface area is 228 Å². The zero-order valence-corrected chi connectivity index (χ0v) is 22.2. The van der Waals surface area contributed by atoms with Crippen LogP contribution < -0.4 is 14.4 Å². The van der Waals surface area contributed by atoms with Crippen LogP contribution in [0.1, 0.15) is 12.5 Å². The van der Waals surface area contributed by atoms with Gasteiger partial charge in [-0.3, -0.25) is 29.9 Å². The summed E-state index contributed by atoms with van der Waals surface area (Å²) in [6, 6.07) is 15.1. The molecule has 10 nitrogen and oxygen atoms in total. The normalized spacial score (nSPS) is 14.2. The molecule has 1 aliphatic heterocycles. The highest BCUT2D eigenvalue weighted by molar-refractivity contribution is 9.10. The molecule has 0 unspecified atom stereocenters. The predicted octanol–water partition coefficient (Wildman–Crippen LogP) is 6.86. The summed E-state index contributed by atoms with van der Waals surface area (Å²) >= 11 is 9.96. The maximum atomic E-state index is 13.1. The lowest BCUT2D eigenvalue weighted by molar-refractivity contribution is -0.394. The first-order valence-corrected chi connectivity index (χ1v) is 12.6.